The van der Waals surface area contributed by atoms with E-state index in [-0.39, 0.29) is 5.75 Å². The molecule has 5 nitrogen and oxygen atoms in total. The molecular formula is C14H17N3O2. The summed E-state index contributed by atoms with van der Waals surface area (Å²) in [5, 5.41) is 13.0. The number of anilines is 1. The van der Waals surface area contributed by atoms with Crippen LogP contribution in [0, 0.1) is 0 Å². The van der Waals surface area contributed by atoms with Crippen molar-refractivity contribution in [1.29, 1.82) is 0 Å². The molecule has 0 aliphatic rings. The minimum Gasteiger partial charge on any atom is -0.504 e. The molecule has 5 heteroatoms. The Kier molecular flexibility index (Phi) is 4.18. The van der Waals surface area contributed by atoms with E-state index in [1.165, 1.54) is 7.11 Å². The number of aromatic hydroxyl groups is 1. The Labute approximate surface area is 112 Å². The van der Waals surface area contributed by atoms with Crippen LogP contribution in [0.1, 0.15) is 13.3 Å². The number of nitrogens with zero attached hydrogens (tertiary/aromatic N) is 2. The molecule has 19 heavy (non-hydrogen) atoms. The second-order valence-electron chi connectivity index (χ2n) is 4.08. The quantitative estimate of drug-likeness (QED) is 0.864. The largest absolute Gasteiger partial charge is 0.504 e. The molecule has 0 fully saturated rings. The number of methoxy groups -OCH3 is 1. The molecule has 0 aliphatic carbocycles. The van der Waals surface area contributed by atoms with Crippen LogP contribution in [-0.2, 0) is 0 Å². The van der Waals surface area contributed by atoms with E-state index in [0.717, 1.165) is 24.3 Å². The van der Waals surface area contributed by atoms with Gasteiger partial charge in [-0.15, -0.1) is 0 Å². The molecule has 2 aromatic rings. The Bertz CT molecular complexity index is 558. The van der Waals surface area contributed by atoms with Gasteiger partial charge in [0, 0.05) is 18.3 Å². The summed E-state index contributed by atoms with van der Waals surface area (Å²) in [5.41, 5.74) is 0.749. The Hall–Kier alpha value is -2.30. The molecule has 0 saturated heterocycles. The number of hydrogen-bond acceptors (Lipinski definition) is 5. The maximum atomic E-state index is 9.77. The SMILES string of the molecule is CCCNc1ccnc(-c2ccc(OC)c(O)c2)n1. The van der Waals surface area contributed by atoms with E-state index in [0.29, 0.717) is 11.6 Å². The van der Waals surface area contributed by atoms with Gasteiger partial charge in [0.05, 0.1) is 7.11 Å². The lowest BCUT2D eigenvalue weighted by atomic mass is 10.2. The summed E-state index contributed by atoms with van der Waals surface area (Å²) < 4.78 is 5.01. The fourth-order valence-corrected chi connectivity index (χ4v) is 1.68. The molecule has 1 aromatic heterocycles. The summed E-state index contributed by atoms with van der Waals surface area (Å²) in [6.45, 7) is 2.96. The van der Waals surface area contributed by atoms with Crippen molar-refractivity contribution in [2.24, 2.45) is 0 Å². The summed E-state index contributed by atoms with van der Waals surface area (Å²) in [6, 6.07) is 6.93. The molecule has 1 aromatic carbocycles. The number of phenols is 1. The normalized spacial score (nSPS) is 10.2. The molecule has 0 amide bonds. The van der Waals surface area contributed by atoms with Crippen LogP contribution in [-0.4, -0.2) is 28.7 Å². The highest BCUT2D eigenvalue weighted by Crippen LogP contribution is 2.30. The molecule has 0 atom stereocenters. The van der Waals surface area contributed by atoms with Gasteiger partial charge in [-0.05, 0) is 30.7 Å². The number of nitrogens with one attached hydrogen (secondary N) is 1. The van der Waals surface area contributed by atoms with Gasteiger partial charge >= 0.3 is 0 Å². The third-order valence-electron chi connectivity index (χ3n) is 2.65. The Balaban J connectivity index is 2.28. The molecule has 0 spiro atoms. The Morgan fingerprint density at radius 1 is 1.32 bits per heavy atom. The minimum absolute atomic E-state index is 0.0792. The summed E-state index contributed by atoms with van der Waals surface area (Å²) in [6.07, 6.45) is 2.73. The van der Waals surface area contributed by atoms with Gasteiger partial charge in [0.2, 0.25) is 0 Å². The standard InChI is InChI=1S/C14H17N3O2/c1-3-7-15-13-6-8-16-14(17-13)10-4-5-12(19-2)11(18)9-10/h4-6,8-9,18H,3,7H2,1-2H3,(H,15,16,17). The smallest absolute Gasteiger partial charge is 0.161 e. The molecule has 2 rings (SSSR count). The van der Waals surface area contributed by atoms with Crippen LogP contribution in [0.2, 0.25) is 0 Å². The van der Waals surface area contributed by atoms with Crippen LogP contribution in [0.4, 0.5) is 5.82 Å². The van der Waals surface area contributed by atoms with Gasteiger partial charge < -0.3 is 15.2 Å². The highest BCUT2D eigenvalue weighted by molar-refractivity contribution is 5.61. The van der Waals surface area contributed by atoms with Crippen LogP contribution in [0.5, 0.6) is 11.5 Å². The van der Waals surface area contributed by atoms with E-state index in [2.05, 4.69) is 22.2 Å². The maximum absolute atomic E-state index is 9.77. The molecular weight excluding hydrogens is 242 g/mol. The van der Waals surface area contributed by atoms with E-state index in [1.807, 2.05) is 12.1 Å². The first-order chi connectivity index (χ1) is 9.24. The summed E-state index contributed by atoms with van der Waals surface area (Å²) in [7, 11) is 1.51. The molecule has 0 saturated carbocycles. The van der Waals surface area contributed by atoms with E-state index in [4.69, 9.17) is 4.74 Å². The topological polar surface area (TPSA) is 67.3 Å². The number of phenolic OH excluding ortho intramolecular Hbond substituents is 1. The average molecular weight is 259 g/mol. The average Bonchev–Trinajstić information content (AvgIpc) is 2.45. The zero-order valence-electron chi connectivity index (χ0n) is 11.1. The predicted molar refractivity (Wildman–Crippen MR) is 74.5 cm³/mol. The van der Waals surface area contributed by atoms with Crippen molar-refractivity contribution in [2.75, 3.05) is 19.0 Å². The molecule has 0 bridgehead atoms. The second kappa shape index (κ2) is 6.04. The first-order valence-corrected chi connectivity index (χ1v) is 6.19. The second-order valence-corrected chi connectivity index (χ2v) is 4.08. The monoisotopic (exact) mass is 259 g/mol. The fraction of sp³-hybridized carbons (Fsp3) is 0.286. The van der Waals surface area contributed by atoms with Crippen LogP contribution < -0.4 is 10.1 Å². The van der Waals surface area contributed by atoms with Crippen molar-refractivity contribution in [2.45, 2.75) is 13.3 Å². The highest BCUT2D eigenvalue weighted by Gasteiger charge is 2.07. The summed E-state index contributed by atoms with van der Waals surface area (Å²) >= 11 is 0. The molecule has 1 heterocycles. The van der Waals surface area contributed by atoms with Crippen LogP contribution in [0.25, 0.3) is 11.4 Å². The third kappa shape index (κ3) is 3.13. The van der Waals surface area contributed by atoms with Crippen molar-refractivity contribution in [1.82, 2.24) is 9.97 Å². The Morgan fingerprint density at radius 3 is 2.84 bits per heavy atom. The van der Waals surface area contributed by atoms with Crippen molar-refractivity contribution >= 4 is 5.82 Å². The molecule has 2 N–H and O–H groups in total. The van der Waals surface area contributed by atoms with Crippen molar-refractivity contribution < 1.29 is 9.84 Å². The van der Waals surface area contributed by atoms with Gasteiger partial charge in [0.25, 0.3) is 0 Å². The molecule has 0 unspecified atom stereocenters. The van der Waals surface area contributed by atoms with Crippen LogP contribution >= 0.6 is 0 Å². The minimum atomic E-state index is 0.0792. The molecule has 0 radical (unpaired) electrons. The first kappa shape index (κ1) is 13.1. The van der Waals surface area contributed by atoms with Crippen molar-refractivity contribution in [3.63, 3.8) is 0 Å². The van der Waals surface area contributed by atoms with Crippen LogP contribution in [0.15, 0.2) is 30.5 Å². The zero-order chi connectivity index (χ0) is 13.7. The number of ether oxygens (including phenoxy) is 1. The summed E-state index contributed by atoms with van der Waals surface area (Å²) in [5.74, 6) is 1.86. The lowest BCUT2D eigenvalue weighted by Gasteiger charge is -2.07. The zero-order valence-corrected chi connectivity index (χ0v) is 11.1. The van der Waals surface area contributed by atoms with Crippen LogP contribution in [0.3, 0.4) is 0 Å². The van der Waals surface area contributed by atoms with E-state index < -0.39 is 0 Å². The number of benzene rings is 1. The lowest BCUT2D eigenvalue weighted by molar-refractivity contribution is 0.373. The lowest BCUT2D eigenvalue weighted by Crippen LogP contribution is -2.03. The highest BCUT2D eigenvalue weighted by atomic mass is 16.5. The number of rotatable bonds is 5. The van der Waals surface area contributed by atoms with Gasteiger partial charge in [-0.1, -0.05) is 6.92 Å². The Morgan fingerprint density at radius 2 is 2.16 bits per heavy atom. The van der Waals surface area contributed by atoms with Gasteiger partial charge in [0.1, 0.15) is 5.82 Å². The summed E-state index contributed by atoms with van der Waals surface area (Å²) in [4.78, 5) is 8.61. The predicted octanol–water partition coefficient (Wildman–Crippen LogP) is 2.68. The van der Waals surface area contributed by atoms with Crippen molar-refractivity contribution in [3.05, 3.63) is 30.5 Å². The first-order valence-electron chi connectivity index (χ1n) is 6.19. The molecule has 0 aliphatic heterocycles. The number of aromatic nitrogens is 2. The third-order valence-corrected chi connectivity index (χ3v) is 2.65. The van der Waals surface area contributed by atoms with E-state index >= 15 is 0 Å². The fourth-order valence-electron chi connectivity index (χ4n) is 1.68. The molecule has 100 valence electrons. The number of hydrogen-bond donors (Lipinski definition) is 2. The maximum Gasteiger partial charge on any atom is 0.161 e. The van der Waals surface area contributed by atoms with Gasteiger partial charge in [-0.2, -0.15) is 0 Å². The van der Waals surface area contributed by atoms with Crippen molar-refractivity contribution in [3.8, 4) is 22.9 Å². The van der Waals surface area contributed by atoms with E-state index in [9.17, 15) is 5.11 Å². The van der Waals surface area contributed by atoms with Gasteiger partial charge in [-0.25, -0.2) is 9.97 Å². The van der Waals surface area contributed by atoms with E-state index in [1.54, 1.807) is 18.3 Å². The van der Waals surface area contributed by atoms with Gasteiger partial charge in [0.15, 0.2) is 17.3 Å². The van der Waals surface area contributed by atoms with Gasteiger partial charge in [-0.3, -0.25) is 0 Å².